The summed E-state index contributed by atoms with van der Waals surface area (Å²) in [6.07, 6.45) is 0. The maximum Gasteiger partial charge on any atom is 0.274 e. The molecule has 0 saturated heterocycles. The molecule has 1 aromatic carbocycles. The minimum absolute atomic E-state index is 0.133. The number of carbonyl (C=O) groups is 2. The number of nitrogens with zero attached hydrogens (tertiary/aromatic N) is 1. The van der Waals surface area contributed by atoms with Gasteiger partial charge in [-0.3, -0.25) is 9.59 Å². The smallest absolute Gasteiger partial charge is 0.274 e. The Hall–Kier alpha value is -2.60. The molecule has 0 radical (unpaired) electrons. The summed E-state index contributed by atoms with van der Waals surface area (Å²) in [5, 5.41) is 5.88. The second-order valence-corrected chi connectivity index (χ2v) is 6.82. The SMILES string of the molecule is COc1ccc(NC(=O)c2cccc(C(=O)NC(C)(C)C)n2)cc1Cl. The lowest BCUT2D eigenvalue weighted by Gasteiger charge is -2.20. The molecule has 0 fully saturated rings. The van der Waals surface area contributed by atoms with Crippen LogP contribution in [0.1, 0.15) is 41.7 Å². The monoisotopic (exact) mass is 361 g/mol. The average molecular weight is 362 g/mol. The summed E-state index contributed by atoms with van der Waals surface area (Å²) in [7, 11) is 1.51. The zero-order valence-electron chi connectivity index (χ0n) is 14.5. The number of hydrogen-bond acceptors (Lipinski definition) is 4. The number of hydrogen-bond donors (Lipinski definition) is 2. The van der Waals surface area contributed by atoms with E-state index in [9.17, 15) is 9.59 Å². The van der Waals surface area contributed by atoms with Crippen molar-refractivity contribution in [1.82, 2.24) is 10.3 Å². The van der Waals surface area contributed by atoms with Crippen molar-refractivity contribution in [3.8, 4) is 5.75 Å². The van der Waals surface area contributed by atoms with Crippen LogP contribution in [0.5, 0.6) is 5.75 Å². The van der Waals surface area contributed by atoms with Crippen molar-refractivity contribution in [2.45, 2.75) is 26.3 Å². The second-order valence-electron chi connectivity index (χ2n) is 6.42. The van der Waals surface area contributed by atoms with Gasteiger partial charge in [0.1, 0.15) is 17.1 Å². The molecule has 2 amide bonds. The van der Waals surface area contributed by atoms with Gasteiger partial charge in [-0.2, -0.15) is 0 Å². The van der Waals surface area contributed by atoms with Crippen molar-refractivity contribution in [1.29, 1.82) is 0 Å². The third-order valence-electron chi connectivity index (χ3n) is 3.11. The number of halogens is 1. The van der Waals surface area contributed by atoms with Crippen LogP contribution >= 0.6 is 11.6 Å². The highest BCUT2D eigenvalue weighted by atomic mass is 35.5. The van der Waals surface area contributed by atoms with E-state index in [4.69, 9.17) is 16.3 Å². The Balaban J connectivity index is 2.16. The fraction of sp³-hybridized carbons (Fsp3) is 0.278. The van der Waals surface area contributed by atoms with Crippen LogP contribution in [0.2, 0.25) is 5.02 Å². The zero-order valence-corrected chi connectivity index (χ0v) is 15.3. The number of aromatic nitrogens is 1. The van der Waals surface area contributed by atoms with Crippen LogP contribution in [0.4, 0.5) is 5.69 Å². The van der Waals surface area contributed by atoms with E-state index in [-0.39, 0.29) is 17.3 Å². The van der Waals surface area contributed by atoms with Gasteiger partial charge < -0.3 is 15.4 Å². The highest BCUT2D eigenvalue weighted by molar-refractivity contribution is 6.32. The van der Waals surface area contributed by atoms with E-state index in [1.54, 1.807) is 30.3 Å². The maximum atomic E-state index is 12.4. The maximum absolute atomic E-state index is 12.4. The van der Waals surface area contributed by atoms with E-state index in [0.717, 1.165) is 0 Å². The first-order valence-corrected chi connectivity index (χ1v) is 8.02. The van der Waals surface area contributed by atoms with E-state index in [1.807, 2.05) is 20.8 Å². The summed E-state index contributed by atoms with van der Waals surface area (Å²) in [5.41, 5.74) is 0.419. The quantitative estimate of drug-likeness (QED) is 0.873. The number of nitrogens with one attached hydrogen (secondary N) is 2. The molecule has 1 heterocycles. The first-order chi connectivity index (χ1) is 11.7. The molecule has 0 spiro atoms. The molecule has 6 nitrogen and oxygen atoms in total. The van der Waals surface area contributed by atoms with E-state index in [2.05, 4.69) is 15.6 Å². The Morgan fingerprint density at radius 2 is 1.72 bits per heavy atom. The number of amides is 2. The molecule has 0 aliphatic carbocycles. The molecule has 0 aliphatic rings. The van der Waals surface area contributed by atoms with Crippen molar-refractivity contribution >= 4 is 29.1 Å². The Labute approximate surface area is 151 Å². The first-order valence-electron chi connectivity index (χ1n) is 7.64. The predicted molar refractivity (Wildman–Crippen MR) is 97.4 cm³/mol. The van der Waals surface area contributed by atoms with Gasteiger partial charge in [0.25, 0.3) is 11.8 Å². The van der Waals surface area contributed by atoms with Crippen LogP contribution < -0.4 is 15.4 Å². The van der Waals surface area contributed by atoms with Crippen LogP contribution in [0.15, 0.2) is 36.4 Å². The topological polar surface area (TPSA) is 80.3 Å². The van der Waals surface area contributed by atoms with Crippen LogP contribution in [-0.2, 0) is 0 Å². The number of pyridine rings is 1. The Morgan fingerprint density at radius 1 is 1.08 bits per heavy atom. The highest BCUT2D eigenvalue weighted by Gasteiger charge is 2.18. The molecule has 7 heteroatoms. The number of rotatable bonds is 4. The molecule has 2 N–H and O–H groups in total. The largest absolute Gasteiger partial charge is 0.495 e. The van der Waals surface area contributed by atoms with Gasteiger partial charge in [0, 0.05) is 11.2 Å². The molecule has 2 aromatic rings. The summed E-state index contributed by atoms with van der Waals surface area (Å²) in [6.45, 7) is 5.61. The molecule has 0 saturated carbocycles. The zero-order chi connectivity index (χ0) is 18.6. The lowest BCUT2D eigenvalue weighted by molar-refractivity contribution is 0.0914. The van der Waals surface area contributed by atoms with Crippen molar-refractivity contribution in [2.75, 3.05) is 12.4 Å². The number of anilines is 1. The van der Waals surface area contributed by atoms with E-state index >= 15 is 0 Å². The van der Waals surface area contributed by atoms with Gasteiger partial charge >= 0.3 is 0 Å². The highest BCUT2D eigenvalue weighted by Crippen LogP contribution is 2.27. The Kier molecular flexibility index (Phi) is 5.64. The first kappa shape index (κ1) is 18.7. The van der Waals surface area contributed by atoms with Crippen LogP contribution in [-0.4, -0.2) is 29.4 Å². The molecular formula is C18H20ClN3O3. The van der Waals surface area contributed by atoms with Gasteiger partial charge in [-0.1, -0.05) is 17.7 Å². The predicted octanol–water partition coefficient (Wildman–Crippen LogP) is 3.52. The third-order valence-corrected chi connectivity index (χ3v) is 3.41. The van der Waals surface area contributed by atoms with Gasteiger partial charge in [-0.15, -0.1) is 0 Å². The molecule has 0 atom stereocenters. The second kappa shape index (κ2) is 7.53. The van der Waals surface area contributed by atoms with Crippen LogP contribution in [0.3, 0.4) is 0 Å². The van der Waals surface area contributed by atoms with E-state index in [1.165, 1.54) is 13.2 Å². The molecule has 0 bridgehead atoms. The summed E-state index contributed by atoms with van der Waals surface area (Å²) in [5.74, 6) is -0.264. The summed E-state index contributed by atoms with van der Waals surface area (Å²) in [6, 6.07) is 9.60. The van der Waals surface area contributed by atoms with Gasteiger partial charge in [0.15, 0.2) is 0 Å². The third kappa shape index (κ3) is 5.19. The van der Waals surface area contributed by atoms with Crippen molar-refractivity contribution in [2.24, 2.45) is 0 Å². The van der Waals surface area contributed by atoms with Crippen molar-refractivity contribution < 1.29 is 14.3 Å². The lowest BCUT2D eigenvalue weighted by atomic mass is 10.1. The van der Waals surface area contributed by atoms with Crippen LogP contribution in [0, 0.1) is 0 Å². The number of methoxy groups -OCH3 is 1. The Bertz CT molecular complexity index is 800. The lowest BCUT2D eigenvalue weighted by Crippen LogP contribution is -2.41. The minimum Gasteiger partial charge on any atom is -0.495 e. The minimum atomic E-state index is -0.438. The van der Waals surface area contributed by atoms with Gasteiger partial charge in [-0.05, 0) is 51.1 Å². The summed E-state index contributed by atoms with van der Waals surface area (Å²) >= 11 is 6.04. The molecule has 25 heavy (non-hydrogen) atoms. The molecule has 2 rings (SSSR count). The Morgan fingerprint density at radius 3 is 2.28 bits per heavy atom. The molecular weight excluding hydrogens is 342 g/mol. The number of carbonyl (C=O) groups excluding carboxylic acids is 2. The summed E-state index contributed by atoms with van der Waals surface area (Å²) < 4.78 is 5.07. The normalized spacial score (nSPS) is 10.9. The van der Waals surface area contributed by atoms with E-state index in [0.29, 0.717) is 16.5 Å². The average Bonchev–Trinajstić information content (AvgIpc) is 2.53. The van der Waals surface area contributed by atoms with Gasteiger partial charge in [0.2, 0.25) is 0 Å². The molecule has 0 aliphatic heterocycles. The molecule has 1 aromatic heterocycles. The molecule has 0 unspecified atom stereocenters. The number of benzene rings is 1. The summed E-state index contributed by atoms with van der Waals surface area (Å²) in [4.78, 5) is 28.7. The standard InChI is InChI=1S/C18H20ClN3O3/c1-18(2,3)22-17(24)14-7-5-6-13(21-14)16(23)20-11-8-9-15(25-4)12(19)10-11/h5-10H,1-4H3,(H,20,23)(H,22,24). The fourth-order valence-electron chi connectivity index (χ4n) is 2.03. The van der Waals surface area contributed by atoms with Gasteiger partial charge in [-0.25, -0.2) is 4.98 Å². The number of ether oxygens (including phenoxy) is 1. The van der Waals surface area contributed by atoms with E-state index < -0.39 is 11.4 Å². The van der Waals surface area contributed by atoms with Crippen LogP contribution in [0.25, 0.3) is 0 Å². The van der Waals surface area contributed by atoms with Crippen molar-refractivity contribution in [3.63, 3.8) is 0 Å². The van der Waals surface area contributed by atoms with Gasteiger partial charge in [0.05, 0.1) is 12.1 Å². The molecule has 132 valence electrons. The fourth-order valence-corrected chi connectivity index (χ4v) is 2.29. The van der Waals surface area contributed by atoms with Crippen molar-refractivity contribution in [3.05, 3.63) is 52.8 Å².